The Morgan fingerprint density at radius 2 is 1.91 bits per heavy atom. The molecule has 3 aromatic rings. The molecular formula is C28H37N3O2S. The third kappa shape index (κ3) is 5.90. The number of nitrogens with one attached hydrogen (secondary N) is 1. The predicted octanol–water partition coefficient (Wildman–Crippen LogP) is 7.50. The van der Waals surface area contributed by atoms with Gasteiger partial charge in [0, 0.05) is 12.6 Å². The Balaban J connectivity index is 1.72. The first-order valence-corrected chi connectivity index (χ1v) is 13.4. The van der Waals surface area contributed by atoms with Crippen molar-refractivity contribution < 1.29 is 9.53 Å². The van der Waals surface area contributed by atoms with Crippen LogP contribution < -0.4 is 10.2 Å². The maximum absolute atomic E-state index is 11.9. The molecule has 1 heterocycles. The predicted molar refractivity (Wildman–Crippen MR) is 143 cm³/mol. The SMILES string of the molecule is COC(=O)CC(C)c1ccc(N(CC(C)C)C2CCCCC2)c(Nc2nc3ccccc3s2)c1. The number of fused-ring (bicyclic) bond motifs is 1. The Bertz CT molecular complexity index is 1070. The van der Waals surface area contributed by atoms with Gasteiger partial charge in [-0.3, -0.25) is 4.79 Å². The quantitative estimate of drug-likeness (QED) is 0.322. The highest BCUT2D eigenvalue weighted by Crippen LogP contribution is 2.38. The van der Waals surface area contributed by atoms with Gasteiger partial charge in [0.05, 0.1) is 35.1 Å². The number of hydrogen-bond donors (Lipinski definition) is 1. The summed E-state index contributed by atoms with van der Waals surface area (Å²) in [5.74, 6) is 0.460. The van der Waals surface area contributed by atoms with Crippen molar-refractivity contribution >= 4 is 44.0 Å². The van der Waals surface area contributed by atoms with Gasteiger partial charge in [-0.1, -0.05) is 69.6 Å². The number of anilines is 3. The van der Waals surface area contributed by atoms with E-state index in [4.69, 9.17) is 9.72 Å². The van der Waals surface area contributed by atoms with Crippen molar-refractivity contribution in [2.45, 2.75) is 71.3 Å². The number of hydrogen-bond acceptors (Lipinski definition) is 6. The standard InChI is InChI=1S/C28H37N3O2S/c1-19(2)18-31(22-10-6-5-7-11-22)25-15-14-21(20(3)16-27(32)33-4)17-24(25)30-28-29-23-12-8-9-13-26(23)34-28/h8-9,12-15,17,19-20,22H,5-7,10-11,16,18H2,1-4H3,(H,29,30). The smallest absolute Gasteiger partial charge is 0.306 e. The number of aromatic nitrogens is 1. The molecule has 1 aliphatic rings. The number of nitrogens with zero attached hydrogens (tertiary/aromatic N) is 2. The number of rotatable bonds is 9. The molecule has 6 heteroatoms. The Labute approximate surface area is 207 Å². The van der Waals surface area contributed by atoms with Crippen LogP contribution in [0.1, 0.15) is 70.8 Å². The third-order valence-electron chi connectivity index (χ3n) is 6.71. The lowest BCUT2D eigenvalue weighted by Crippen LogP contribution is -2.39. The van der Waals surface area contributed by atoms with E-state index >= 15 is 0 Å². The second kappa shape index (κ2) is 11.2. The summed E-state index contributed by atoms with van der Waals surface area (Å²) in [7, 11) is 1.45. The fraction of sp³-hybridized carbons (Fsp3) is 0.500. The summed E-state index contributed by atoms with van der Waals surface area (Å²) in [6.45, 7) is 7.70. The van der Waals surface area contributed by atoms with E-state index in [1.807, 2.05) is 6.07 Å². The normalized spacial score (nSPS) is 15.4. The summed E-state index contributed by atoms with van der Waals surface area (Å²) in [5, 5.41) is 4.56. The molecule has 34 heavy (non-hydrogen) atoms. The van der Waals surface area contributed by atoms with E-state index in [1.54, 1.807) is 11.3 Å². The van der Waals surface area contributed by atoms with Crippen molar-refractivity contribution in [3.8, 4) is 0 Å². The van der Waals surface area contributed by atoms with Crippen LogP contribution in [-0.4, -0.2) is 30.6 Å². The molecule has 1 atom stereocenters. The Morgan fingerprint density at radius 1 is 1.15 bits per heavy atom. The van der Waals surface area contributed by atoms with Gasteiger partial charge in [-0.05, 0) is 54.5 Å². The highest BCUT2D eigenvalue weighted by Gasteiger charge is 2.25. The molecule has 1 unspecified atom stereocenters. The van der Waals surface area contributed by atoms with Crippen LogP contribution >= 0.6 is 11.3 Å². The number of methoxy groups -OCH3 is 1. The van der Waals surface area contributed by atoms with Gasteiger partial charge >= 0.3 is 5.97 Å². The second-order valence-corrected chi connectivity index (χ2v) is 10.9. The first kappa shape index (κ1) is 24.5. The van der Waals surface area contributed by atoms with E-state index in [-0.39, 0.29) is 11.9 Å². The molecule has 5 nitrogen and oxygen atoms in total. The molecule has 0 spiro atoms. The van der Waals surface area contributed by atoms with Crippen LogP contribution in [-0.2, 0) is 9.53 Å². The van der Waals surface area contributed by atoms with Crippen molar-refractivity contribution in [3.63, 3.8) is 0 Å². The van der Waals surface area contributed by atoms with Crippen LogP contribution in [0.15, 0.2) is 42.5 Å². The number of ether oxygens (including phenoxy) is 1. The molecule has 1 N–H and O–H groups in total. The number of para-hydroxylation sites is 1. The molecule has 2 aromatic carbocycles. The molecule has 0 bridgehead atoms. The summed E-state index contributed by atoms with van der Waals surface area (Å²) in [4.78, 5) is 19.4. The monoisotopic (exact) mass is 479 g/mol. The molecule has 0 amide bonds. The summed E-state index contributed by atoms with van der Waals surface area (Å²) < 4.78 is 6.09. The fourth-order valence-corrected chi connectivity index (χ4v) is 5.81. The van der Waals surface area contributed by atoms with E-state index in [9.17, 15) is 4.79 Å². The van der Waals surface area contributed by atoms with Crippen molar-refractivity contribution in [1.29, 1.82) is 0 Å². The summed E-state index contributed by atoms with van der Waals surface area (Å²) in [6.07, 6.45) is 6.80. The van der Waals surface area contributed by atoms with Gasteiger partial charge in [0.2, 0.25) is 0 Å². The minimum atomic E-state index is -0.180. The molecule has 0 radical (unpaired) electrons. The van der Waals surface area contributed by atoms with E-state index in [0.29, 0.717) is 18.4 Å². The van der Waals surface area contributed by atoms with Crippen molar-refractivity contribution in [1.82, 2.24) is 4.98 Å². The lowest BCUT2D eigenvalue weighted by atomic mass is 9.92. The largest absolute Gasteiger partial charge is 0.469 e. The topological polar surface area (TPSA) is 54.5 Å². The van der Waals surface area contributed by atoms with E-state index in [1.165, 1.54) is 49.6 Å². The second-order valence-electron chi connectivity index (χ2n) is 9.91. The van der Waals surface area contributed by atoms with Gasteiger partial charge in [-0.2, -0.15) is 0 Å². The number of carbonyl (C=O) groups excluding carboxylic acids is 1. The molecule has 0 aliphatic heterocycles. The molecule has 182 valence electrons. The first-order chi connectivity index (χ1) is 16.4. The number of benzene rings is 2. The molecule has 1 aromatic heterocycles. The summed E-state index contributed by atoms with van der Waals surface area (Å²) in [6, 6.07) is 15.5. The fourth-order valence-electron chi connectivity index (χ4n) is 4.93. The van der Waals surface area contributed by atoms with Crippen molar-refractivity contribution in [2.24, 2.45) is 5.92 Å². The first-order valence-electron chi connectivity index (χ1n) is 12.5. The minimum Gasteiger partial charge on any atom is -0.469 e. The zero-order valence-corrected chi connectivity index (χ0v) is 21.7. The van der Waals surface area contributed by atoms with Crippen LogP contribution in [0.25, 0.3) is 10.2 Å². The van der Waals surface area contributed by atoms with Crippen LogP contribution in [0.4, 0.5) is 16.5 Å². The molecular weight excluding hydrogens is 442 g/mol. The van der Waals surface area contributed by atoms with Crippen LogP contribution in [0.2, 0.25) is 0 Å². The minimum absolute atomic E-state index is 0.0747. The van der Waals surface area contributed by atoms with Crippen molar-refractivity contribution in [3.05, 3.63) is 48.0 Å². The maximum atomic E-state index is 11.9. The van der Waals surface area contributed by atoms with Gasteiger partial charge in [-0.25, -0.2) is 4.98 Å². The van der Waals surface area contributed by atoms with Gasteiger partial charge in [0.1, 0.15) is 0 Å². The maximum Gasteiger partial charge on any atom is 0.306 e. The Hall–Kier alpha value is -2.60. The highest BCUT2D eigenvalue weighted by molar-refractivity contribution is 7.22. The Morgan fingerprint density at radius 3 is 2.62 bits per heavy atom. The molecule has 1 fully saturated rings. The number of carbonyl (C=O) groups is 1. The molecule has 4 rings (SSSR count). The van der Waals surface area contributed by atoms with Gasteiger partial charge in [-0.15, -0.1) is 0 Å². The van der Waals surface area contributed by atoms with Gasteiger partial charge in [0.25, 0.3) is 0 Å². The summed E-state index contributed by atoms with van der Waals surface area (Å²) in [5.41, 5.74) is 4.44. The average molecular weight is 480 g/mol. The molecule has 1 saturated carbocycles. The number of thiazole rings is 1. The average Bonchev–Trinajstić information content (AvgIpc) is 3.25. The third-order valence-corrected chi connectivity index (χ3v) is 7.66. The van der Waals surface area contributed by atoms with E-state index in [2.05, 4.69) is 67.4 Å². The number of esters is 1. The summed E-state index contributed by atoms with van der Waals surface area (Å²) >= 11 is 1.68. The Kier molecular flexibility index (Phi) is 8.09. The lowest BCUT2D eigenvalue weighted by Gasteiger charge is -2.38. The molecule has 0 saturated heterocycles. The lowest BCUT2D eigenvalue weighted by molar-refractivity contribution is -0.140. The van der Waals surface area contributed by atoms with E-state index in [0.717, 1.165) is 28.4 Å². The van der Waals surface area contributed by atoms with Crippen molar-refractivity contribution in [2.75, 3.05) is 23.9 Å². The zero-order valence-electron chi connectivity index (χ0n) is 20.8. The molecule has 1 aliphatic carbocycles. The van der Waals surface area contributed by atoms with Crippen LogP contribution in [0.3, 0.4) is 0 Å². The van der Waals surface area contributed by atoms with E-state index < -0.39 is 0 Å². The highest BCUT2D eigenvalue weighted by atomic mass is 32.1. The van der Waals surface area contributed by atoms with Gasteiger partial charge < -0.3 is 15.0 Å². The zero-order chi connectivity index (χ0) is 24.1. The van der Waals surface area contributed by atoms with Crippen LogP contribution in [0, 0.1) is 5.92 Å². The van der Waals surface area contributed by atoms with Crippen LogP contribution in [0.5, 0.6) is 0 Å². The van der Waals surface area contributed by atoms with Gasteiger partial charge in [0.15, 0.2) is 5.13 Å².